The van der Waals surface area contributed by atoms with Crippen molar-refractivity contribution in [1.82, 2.24) is 10.2 Å². The van der Waals surface area contributed by atoms with Gasteiger partial charge in [-0.3, -0.25) is 4.79 Å². The molecule has 2 aliphatic rings. The largest absolute Gasteiger partial charge is 0.330 e. The van der Waals surface area contributed by atoms with E-state index in [1.165, 1.54) is 20.9 Å². The van der Waals surface area contributed by atoms with Crippen LogP contribution in [0.2, 0.25) is 0 Å². The van der Waals surface area contributed by atoms with Gasteiger partial charge >= 0.3 is 6.03 Å². The minimum absolute atomic E-state index is 0.205. The molecule has 2 atom stereocenters. The van der Waals surface area contributed by atoms with Crippen LogP contribution in [0.5, 0.6) is 0 Å². The van der Waals surface area contributed by atoms with Crippen molar-refractivity contribution in [2.24, 2.45) is 0 Å². The van der Waals surface area contributed by atoms with E-state index >= 15 is 0 Å². The van der Waals surface area contributed by atoms with Gasteiger partial charge in [-0.1, -0.05) is 72.8 Å². The van der Waals surface area contributed by atoms with E-state index in [9.17, 15) is 9.59 Å². The van der Waals surface area contributed by atoms with Gasteiger partial charge in [-0.05, 0) is 41.7 Å². The van der Waals surface area contributed by atoms with Crippen LogP contribution >= 0.6 is 0 Å². The Morgan fingerprint density at radius 2 is 1.59 bits per heavy atom. The van der Waals surface area contributed by atoms with E-state index in [1.807, 2.05) is 62.4 Å². The smallest absolute Gasteiger partial charge is 0.315 e. The zero-order valence-corrected chi connectivity index (χ0v) is 18.5. The predicted molar refractivity (Wildman–Crippen MR) is 123 cm³/mol. The lowest BCUT2D eigenvalue weighted by Gasteiger charge is -2.30. The Balaban J connectivity index is 1.50. The molecule has 1 unspecified atom stereocenters. The molecule has 32 heavy (non-hydrogen) atoms. The summed E-state index contributed by atoms with van der Waals surface area (Å²) in [6.07, 6.45) is 0.955. The number of imide groups is 1. The normalized spacial score (nSPS) is 22.6. The molecule has 5 rings (SSSR count). The van der Waals surface area contributed by atoms with Gasteiger partial charge in [-0.25, -0.2) is 9.69 Å². The van der Waals surface area contributed by atoms with Gasteiger partial charge in [0.05, 0.1) is 6.54 Å². The van der Waals surface area contributed by atoms with E-state index in [4.69, 9.17) is 0 Å². The SMILES string of the molecule is Cc1ccc([C@]2(c3ccccc3)NC(=O)N(C[NH+]3CCc4ccccc4C3)C2=O)cc1C. The van der Waals surface area contributed by atoms with Crippen molar-refractivity contribution in [2.75, 3.05) is 13.2 Å². The van der Waals surface area contributed by atoms with E-state index in [1.54, 1.807) is 0 Å². The molecule has 0 aliphatic carbocycles. The van der Waals surface area contributed by atoms with Gasteiger partial charge in [0, 0.05) is 12.0 Å². The average molecular weight is 427 g/mol. The molecular weight excluding hydrogens is 398 g/mol. The van der Waals surface area contributed by atoms with Crippen molar-refractivity contribution in [3.8, 4) is 0 Å². The van der Waals surface area contributed by atoms with Crippen LogP contribution in [0.4, 0.5) is 4.79 Å². The fourth-order valence-corrected chi connectivity index (χ4v) is 4.94. The number of amides is 3. The summed E-state index contributed by atoms with van der Waals surface area (Å²) in [7, 11) is 0. The van der Waals surface area contributed by atoms with Crippen molar-refractivity contribution in [1.29, 1.82) is 0 Å². The fraction of sp³-hybridized carbons (Fsp3) is 0.259. The standard InChI is InChI=1S/C27H27N3O2/c1-19-12-13-24(16-20(19)2)27(23-10-4-3-5-11-23)25(31)30(26(32)28-27)18-29-15-14-21-8-6-7-9-22(21)17-29/h3-13,16H,14-15,17-18H2,1-2H3,(H,28,32)/p+1/t27-/m0/s1. The highest BCUT2D eigenvalue weighted by Crippen LogP contribution is 2.36. The maximum absolute atomic E-state index is 14.0. The second-order valence-electron chi connectivity index (χ2n) is 8.93. The highest BCUT2D eigenvalue weighted by atomic mass is 16.2. The third-order valence-electron chi connectivity index (χ3n) is 6.94. The Labute approximate surface area is 188 Å². The molecule has 3 amide bonds. The number of nitrogens with zero attached hydrogens (tertiary/aromatic N) is 1. The van der Waals surface area contributed by atoms with Crippen LogP contribution < -0.4 is 10.2 Å². The number of hydrogen-bond donors (Lipinski definition) is 2. The quantitative estimate of drug-likeness (QED) is 0.631. The van der Waals surface area contributed by atoms with Gasteiger partial charge < -0.3 is 10.2 Å². The molecule has 5 nitrogen and oxygen atoms in total. The molecule has 0 radical (unpaired) electrons. The minimum Gasteiger partial charge on any atom is -0.315 e. The number of urea groups is 1. The highest BCUT2D eigenvalue weighted by molar-refractivity contribution is 6.09. The first-order valence-electron chi connectivity index (χ1n) is 11.2. The third-order valence-corrected chi connectivity index (χ3v) is 6.94. The molecule has 0 saturated carbocycles. The number of rotatable bonds is 4. The maximum Gasteiger partial charge on any atom is 0.330 e. The number of aryl methyl sites for hydroxylation is 2. The first kappa shape index (κ1) is 20.5. The Kier molecular flexibility index (Phi) is 5.06. The molecule has 0 spiro atoms. The molecule has 0 bridgehead atoms. The molecule has 5 heteroatoms. The molecule has 1 saturated heterocycles. The second-order valence-corrected chi connectivity index (χ2v) is 8.93. The lowest BCUT2D eigenvalue weighted by Crippen LogP contribution is -3.13. The number of fused-ring (bicyclic) bond motifs is 1. The zero-order chi connectivity index (χ0) is 22.3. The second kappa shape index (κ2) is 7.92. The summed E-state index contributed by atoms with van der Waals surface area (Å²) < 4.78 is 0. The van der Waals surface area contributed by atoms with Gasteiger partial charge in [-0.2, -0.15) is 0 Å². The lowest BCUT2D eigenvalue weighted by atomic mass is 9.81. The van der Waals surface area contributed by atoms with Crippen LogP contribution in [0.1, 0.15) is 33.4 Å². The minimum atomic E-state index is -1.20. The van der Waals surface area contributed by atoms with Gasteiger partial charge in [0.25, 0.3) is 5.91 Å². The Morgan fingerprint density at radius 3 is 2.34 bits per heavy atom. The van der Waals surface area contributed by atoms with Crippen LogP contribution in [-0.4, -0.2) is 30.1 Å². The van der Waals surface area contributed by atoms with E-state index in [0.717, 1.165) is 41.8 Å². The average Bonchev–Trinajstić information content (AvgIpc) is 3.07. The molecule has 3 aromatic carbocycles. The third kappa shape index (κ3) is 3.30. The van der Waals surface area contributed by atoms with Crippen LogP contribution in [-0.2, 0) is 23.3 Å². The van der Waals surface area contributed by atoms with Crippen LogP contribution in [0.15, 0.2) is 72.8 Å². The highest BCUT2D eigenvalue weighted by Gasteiger charge is 2.54. The summed E-state index contributed by atoms with van der Waals surface area (Å²) in [4.78, 5) is 29.8. The van der Waals surface area contributed by atoms with Gasteiger partial charge in [0.2, 0.25) is 0 Å². The van der Waals surface area contributed by atoms with E-state index in [0.29, 0.717) is 6.67 Å². The molecule has 3 aromatic rings. The predicted octanol–water partition coefficient (Wildman–Crippen LogP) is 2.70. The topological polar surface area (TPSA) is 53.9 Å². The number of benzene rings is 3. The van der Waals surface area contributed by atoms with Crippen molar-refractivity contribution in [2.45, 2.75) is 32.4 Å². The molecule has 2 aliphatic heterocycles. The number of quaternary nitrogens is 1. The van der Waals surface area contributed by atoms with E-state index < -0.39 is 5.54 Å². The van der Waals surface area contributed by atoms with Gasteiger partial charge in [0.1, 0.15) is 6.54 Å². The zero-order valence-electron chi connectivity index (χ0n) is 18.5. The molecular formula is C27H28N3O2+. The summed E-state index contributed by atoms with van der Waals surface area (Å²) in [6, 6.07) is 23.7. The summed E-state index contributed by atoms with van der Waals surface area (Å²) in [5.74, 6) is -0.205. The van der Waals surface area contributed by atoms with Crippen LogP contribution in [0.3, 0.4) is 0 Å². The molecule has 162 valence electrons. The van der Waals surface area contributed by atoms with Crippen molar-refractivity contribution < 1.29 is 14.5 Å². The summed E-state index contributed by atoms with van der Waals surface area (Å²) in [5.41, 5.74) is 5.28. The summed E-state index contributed by atoms with van der Waals surface area (Å²) in [6.45, 7) is 6.16. The Morgan fingerprint density at radius 1 is 0.875 bits per heavy atom. The number of nitrogens with one attached hydrogen (secondary N) is 2. The van der Waals surface area contributed by atoms with Gasteiger partial charge in [0.15, 0.2) is 12.2 Å². The first-order chi connectivity index (χ1) is 15.5. The van der Waals surface area contributed by atoms with Crippen molar-refractivity contribution in [3.63, 3.8) is 0 Å². The van der Waals surface area contributed by atoms with Crippen molar-refractivity contribution in [3.05, 3.63) is 106 Å². The first-order valence-corrected chi connectivity index (χ1v) is 11.2. The monoisotopic (exact) mass is 426 g/mol. The van der Waals surface area contributed by atoms with E-state index in [2.05, 4.69) is 29.6 Å². The number of carbonyl (C=O) groups is 2. The molecule has 0 aromatic heterocycles. The van der Waals surface area contributed by atoms with E-state index in [-0.39, 0.29) is 11.9 Å². The number of carbonyl (C=O) groups excluding carboxylic acids is 2. The van der Waals surface area contributed by atoms with Gasteiger partial charge in [-0.15, -0.1) is 0 Å². The molecule has 1 fully saturated rings. The van der Waals surface area contributed by atoms with Crippen LogP contribution in [0.25, 0.3) is 0 Å². The summed E-state index contributed by atoms with van der Waals surface area (Å²) >= 11 is 0. The number of hydrogen-bond acceptors (Lipinski definition) is 2. The summed E-state index contributed by atoms with van der Waals surface area (Å²) in [5, 5.41) is 3.08. The molecule has 2 heterocycles. The molecule has 2 N–H and O–H groups in total. The lowest BCUT2D eigenvalue weighted by molar-refractivity contribution is -0.923. The van der Waals surface area contributed by atoms with Crippen LogP contribution in [0, 0.1) is 13.8 Å². The maximum atomic E-state index is 14.0. The Bertz CT molecular complexity index is 1190. The fourth-order valence-electron chi connectivity index (χ4n) is 4.94. The van der Waals surface area contributed by atoms with Crippen molar-refractivity contribution >= 4 is 11.9 Å². The Hall–Kier alpha value is -3.44.